The molecule has 1 heterocycles. The SMILES string of the molecule is NC(=S)c1ccc2ccn(Cc3ccc(F)c(Cl)c3)c2c1. The Morgan fingerprint density at radius 2 is 2.00 bits per heavy atom. The molecule has 0 radical (unpaired) electrons. The van der Waals surface area contributed by atoms with E-state index >= 15 is 0 Å². The first-order valence-corrected chi connectivity index (χ1v) is 7.16. The Hall–Kier alpha value is -1.91. The molecule has 0 amide bonds. The molecule has 0 unspecified atom stereocenters. The lowest BCUT2D eigenvalue weighted by Gasteiger charge is -2.08. The number of benzene rings is 2. The minimum atomic E-state index is -0.409. The van der Waals surface area contributed by atoms with E-state index < -0.39 is 5.82 Å². The van der Waals surface area contributed by atoms with Crippen molar-refractivity contribution in [2.24, 2.45) is 5.73 Å². The lowest BCUT2D eigenvalue weighted by Crippen LogP contribution is -2.09. The molecule has 2 aromatic carbocycles. The van der Waals surface area contributed by atoms with E-state index in [1.807, 2.05) is 30.5 Å². The van der Waals surface area contributed by atoms with Gasteiger partial charge < -0.3 is 10.3 Å². The molecule has 3 rings (SSSR count). The molecule has 2 nitrogen and oxygen atoms in total. The van der Waals surface area contributed by atoms with Crippen LogP contribution >= 0.6 is 23.8 Å². The largest absolute Gasteiger partial charge is 0.389 e. The normalized spacial score (nSPS) is 11.0. The van der Waals surface area contributed by atoms with Gasteiger partial charge in [0.15, 0.2) is 0 Å². The number of halogens is 2. The number of nitrogens with zero attached hydrogens (tertiary/aromatic N) is 1. The Kier molecular flexibility index (Phi) is 3.66. The second-order valence-corrected chi connectivity index (χ2v) is 5.68. The predicted molar refractivity (Wildman–Crippen MR) is 88.3 cm³/mol. The molecular weight excluding hydrogens is 307 g/mol. The van der Waals surface area contributed by atoms with Crippen molar-refractivity contribution < 1.29 is 4.39 Å². The Balaban J connectivity index is 2.01. The molecule has 0 bridgehead atoms. The maximum atomic E-state index is 13.2. The van der Waals surface area contributed by atoms with Crippen molar-refractivity contribution in [1.82, 2.24) is 4.57 Å². The van der Waals surface area contributed by atoms with Crippen LogP contribution in [0.2, 0.25) is 5.02 Å². The molecule has 0 fully saturated rings. The first kappa shape index (κ1) is 14.0. The van der Waals surface area contributed by atoms with Crippen LogP contribution in [0, 0.1) is 5.82 Å². The van der Waals surface area contributed by atoms with Gasteiger partial charge in [0.1, 0.15) is 10.8 Å². The molecule has 1 aromatic heterocycles. The lowest BCUT2D eigenvalue weighted by atomic mass is 10.1. The number of aromatic nitrogens is 1. The number of hydrogen-bond acceptors (Lipinski definition) is 1. The van der Waals surface area contributed by atoms with Gasteiger partial charge in [0.2, 0.25) is 0 Å². The van der Waals surface area contributed by atoms with E-state index in [0.717, 1.165) is 22.0 Å². The highest BCUT2D eigenvalue weighted by molar-refractivity contribution is 7.80. The van der Waals surface area contributed by atoms with Crippen LogP contribution in [0.3, 0.4) is 0 Å². The average Bonchev–Trinajstić information content (AvgIpc) is 2.85. The van der Waals surface area contributed by atoms with Crippen molar-refractivity contribution >= 4 is 39.7 Å². The maximum absolute atomic E-state index is 13.2. The molecule has 2 N–H and O–H groups in total. The predicted octanol–water partition coefficient (Wildman–Crippen LogP) is 4.12. The summed E-state index contributed by atoms with van der Waals surface area (Å²) in [6.45, 7) is 0.601. The van der Waals surface area contributed by atoms with Crippen molar-refractivity contribution in [2.45, 2.75) is 6.54 Å². The minimum absolute atomic E-state index is 0.132. The zero-order valence-electron chi connectivity index (χ0n) is 11.0. The van der Waals surface area contributed by atoms with Crippen molar-refractivity contribution in [3.63, 3.8) is 0 Å². The smallest absolute Gasteiger partial charge is 0.141 e. The van der Waals surface area contributed by atoms with E-state index in [9.17, 15) is 4.39 Å². The minimum Gasteiger partial charge on any atom is -0.389 e. The molecular formula is C16H12ClFN2S. The summed E-state index contributed by atoms with van der Waals surface area (Å²) in [5, 5.41) is 1.23. The molecule has 5 heteroatoms. The summed E-state index contributed by atoms with van der Waals surface area (Å²) < 4.78 is 15.3. The van der Waals surface area contributed by atoms with Gasteiger partial charge in [0, 0.05) is 23.8 Å². The number of hydrogen-bond donors (Lipinski definition) is 1. The van der Waals surface area contributed by atoms with E-state index in [1.165, 1.54) is 6.07 Å². The molecule has 3 aromatic rings. The first-order chi connectivity index (χ1) is 10.0. The average molecular weight is 319 g/mol. The number of rotatable bonds is 3. The van der Waals surface area contributed by atoms with E-state index in [-0.39, 0.29) is 5.02 Å². The molecule has 0 saturated heterocycles. The third-order valence-electron chi connectivity index (χ3n) is 3.40. The third kappa shape index (κ3) is 2.77. The highest BCUT2D eigenvalue weighted by Gasteiger charge is 2.06. The Morgan fingerprint density at radius 3 is 2.71 bits per heavy atom. The van der Waals surface area contributed by atoms with Gasteiger partial charge in [-0.15, -0.1) is 0 Å². The van der Waals surface area contributed by atoms with Crippen LogP contribution in [0.1, 0.15) is 11.1 Å². The van der Waals surface area contributed by atoms with Crippen molar-refractivity contribution in [2.75, 3.05) is 0 Å². The summed E-state index contributed by atoms with van der Waals surface area (Å²) >= 11 is 10.8. The number of fused-ring (bicyclic) bond motifs is 1. The van der Waals surface area contributed by atoms with Crippen molar-refractivity contribution in [3.8, 4) is 0 Å². The van der Waals surface area contributed by atoms with Gasteiger partial charge in [-0.05, 0) is 35.2 Å². The van der Waals surface area contributed by atoms with Crippen LogP contribution in [0.15, 0.2) is 48.7 Å². The summed E-state index contributed by atoms with van der Waals surface area (Å²) in [6, 6.07) is 12.6. The van der Waals surface area contributed by atoms with Crippen LogP contribution in [0.5, 0.6) is 0 Å². The van der Waals surface area contributed by atoms with Crippen LogP contribution in [-0.2, 0) is 6.54 Å². The van der Waals surface area contributed by atoms with Gasteiger partial charge in [0.25, 0.3) is 0 Å². The van der Waals surface area contributed by atoms with E-state index in [1.54, 1.807) is 12.1 Å². The van der Waals surface area contributed by atoms with Crippen LogP contribution in [-0.4, -0.2) is 9.56 Å². The van der Waals surface area contributed by atoms with Gasteiger partial charge in [-0.2, -0.15) is 0 Å². The molecule has 106 valence electrons. The standard InChI is InChI=1S/C16H12ClFN2S/c17-13-7-10(1-4-14(13)18)9-20-6-5-11-2-3-12(16(19)21)8-15(11)20/h1-8H,9H2,(H2,19,21). The third-order valence-corrected chi connectivity index (χ3v) is 3.92. The number of thiocarbonyl (C=S) groups is 1. The first-order valence-electron chi connectivity index (χ1n) is 6.37. The molecule has 21 heavy (non-hydrogen) atoms. The molecule has 0 aliphatic heterocycles. The fraction of sp³-hybridized carbons (Fsp3) is 0.0625. The molecule has 0 spiro atoms. The van der Waals surface area contributed by atoms with E-state index in [0.29, 0.717) is 11.5 Å². The molecule has 0 saturated carbocycles. The van der Waals surface area contributed by atoms with Crippen LogP contribution in [0.4, 0.5) is 4.39 Å². The maximum Gasteiger partial charge on any atom is 0.141 e. The Morgan fingerprint density at radius 1 is 1.19 bits per heavy atom. The summed E-state index contributed by atoms with van der Waals surface area (Å²) in [7, 11) is 0. The topological polar surface area (TPSA) is 30.9 Å². The Labute approximate surface area is 131 Å². The van der Waals surface area contributed by atoms with Crippen LogP contribution < -0.4 is 5.73 Å². The second kappa shape index (κ2) is 5.47. The summed E-state index contributed by atoms with van der Waals surface area (Å²) in [4.78, 5) is 0.370. The summed E-state index contributed by atoms with van der Waals surface area (Å²) in [5.74, 6) is -0.409. The van der Waals surface area contributed by atoms with Crippen molar-refractivity contribution in [3.05, 3.63) is 70.6 Å². The number of nitrogens with two attached hydrogens (primary N) is 1. The van der Waals surface area contributed by atoms with Gasteiger partial charge in [-0.25, -0.2) is 4.39 Å². The fourth-order valence-corrected chi connectivity index (χ4v) is 2.64. The van der Waals surface area contributed by atoms with Crippen molar-refractivity contribution in [1.29, 1.82) is 0 Å². The Bertz CT molecular complexity index is 841. The van der Waals surface area contributed by atoms with Gasteiger partial charge >= 0.3 is 0 Å². The second-order valence-electron chi connectivity index (χ2n) is 4.83. The highest BCUT2D eigenvalue weighted by atomic mass is 35.5. The summed E-state index contributed by atoms with van der Waals surface area (Å²) in [6.07, 6.45) is 1.98. The zero-order valence-corrected chi connectivity index (χ0v) is 12.6. The highest BCUT2D eigenvalue weighted by Crippen LogP contribution is 2.21. The molecule has 0 atom stereocenters. The zero-order chi connectivity index (χ0) is 15.0. The van der Waals surface area contributed by atoms with Gasteiger partial charge in [-0.1, -0.05) is 42.0 Å². The quantitative estimate of drug-likeness (QED) is 0.737. The summed E-state index contributed by atoms with van der Waals surface area (Å²) in [5.41, 5.74) is 8.46. The molecule has 0 aliphatic rings. The van der Waals surface area contributed by atoms with Gasteiger partial charge in [0.05, 0.1) is 5.02 Å². The van der Waals surface area contributed by atoms with E-state index in [2.05, 4.69) is 4.57 Å². The monoisotopic (exact) mass is 318 g/mol. The molecule has 0 aliphatic carbocycles. The van der Waals surface area contributed by atoms with E-state index in [4.69, 9.17) is 29.6 Å². The lowest BCUT2D eigenvalue weighted by molar-refractivity contribution is 0.627. The van der Waals surface area contributed by atoms with Gasteiger partial charge in [-0.3, -0.25) is 0 Å². The van der Waals surface area contributed by atoms with Crippen LogP contribution in [0.25, 0.3) is 10.9 Å². The fourth-order valence-electron chi connectivity index (χ4n) is 2.31.